The van der Waals surface area contributed by atoms with Crippen LogP contribution in [0.15, 0.2) is 41.0 Å². The van der Waals surface area contributed by atoms with Gasteiger partial charge in [-0.15, -0.1) is 11.8 Å². The Balaban J connectivity index is 0.000000543. The first kappa shape index (κ1) is 42.5. The number of anilines is 1. The van der Waals surface area contributed by atoms with Crippen molar-refractivity contribution in [1.82, 2.24) is 20.5 Å². The maximum Gasteiger partial charge on any atom is 0.490 e. The average Bonchev–Trinajstić information content (AvgIpc) is 3.38. The van der Waals surface area contributed by atoms with Crippen molar-refractivity contribution < 1.29 is 75.0 Å². The molecule has 6 N–H and O–H groups in total. The quantitative estimate of drug-likeness (QED) is 0.0725. The zero-order valence-electron chi connectivity index (χ0n) is 25.9. The number of alkyl halides is 6. The molecule has 4 rings (SSSR count). The number of hydrogen-bond acceptors (Lipinski definition) is 13. The van der Waals surface area contributed by atoms with Gasteiger partial charge >= 0.3 is 24.3 Å². The van der Waals surface area contributed by atoms with Crippen LogP contribution in [0.25, 0.3) is 0 Å². The normalized spacial score (nSPS) is 17.2. The van der Waals surface area contributed by atoms with Gasteiger partial charge in [-0.05, 0) is 12.1 Å². The number of halogens is 7. The van der Waals surface area contributed by atoms with Crippen molar-refractivity contribution in [2.75, 3.05) is 25.1 Å². The fourth-order valence-electron chi connectivity index (χ4n) is 3.96. The second-order valence-electron chi connectivity index (χ2n) is 9.66. The number of nitrogen functional groups attached to an aromatic ring is 1. The largest absolute Gasteiger partial charge is 0.542 e. The van der Waals surface area contributed by atoms with Gasteiger partial charge in [0, 0.05) is 30.0 Å². The monoisotopic (exact) mass is 793 g/mol. The Morgan fingerprint density at radius 3 is 2.18 bits per heavy atom. The van der Waals surface area contributed by atoms with Gasteiger partial charge in [0.2, 0.25) is 0 Å². The molecule has 4 heterocycles. The molecule has 2 atom stereocenters. The lowest BCUT2D eigenvalue weighted by Crippen LogP contribution is -2.71. The van der Waals surface area contributed by atoms with Crippen LogP contribution < -0.4 is 26.0 Å². The fraction of sp³-hybridized carbons (Fsp3) is 0.385. The molecule has 51 heavy (non-hydrogen) atoms. The topological polar surface area (TPSA) is 241 Å². The molecular weight excluding hydrogens is 768 g/mol. The first-order valence-electron chi connectivity index (χ1n) is 13.6. The molecule has 2 aliphatic heterocycles. The van der Waals surface area contributed by atoms with Crippen LogP contribution in [0.2, 0.25) is 4.34 Å². The number of β-lactam (4-membered cyclic amide) rings is 1. The lowest BCUT2D eigenvalue weighted by atomic mass is 10.0. The van der Waals surface area contributed by atoms with E-state index in [-0.39, 0.29) is 26.6 Å². The molecule has 0 spiro atoms. The first-order valence-corrected chi connectivity index (χ1v) is 15.9. The van der Waals surface area contributed by atoms with Gasteiger partial charge in [-0.3, -0.25) is 14.5 Å². The molecule has 1 fully saturated rings. The highest BCUT2D eigenvalue weighted by Gasteiger charge is 2.55. The zero-order valence-corrected chi connectivity index (χ0v) is 28.3. The fourth-order valence-corrected chi connectivity index (χ4v) is 6.23. The van der Waals surface area contributed by atoms with E-state index in [0.29, 0.717) is 17.9 Å². The third-order valence-electron chi connectivity index (χ3n) is 6.15. The van der Waals surface area contributed by atoms with Crippen molar-refractivity contribution in [3.05, 3.63) is 51.4 Å². The number of thiazole rings is 1. The predicted molar refractivity (Wildman–Crippen MR) is 164 cm³/mol. The standard InChI is InChI=1S/C22H24ClN7O5S2.2C2HF3O2/c1-3-25-8-11-4-6-29(7-5-11)9-12-10-36-20-15(19(32)30(20)16(12)21(33)34)26-18(31)14(28-35-2)13-17(23)37-22(24)27-13;2*3-2(4,5)1(6)7/h4-7,15,20,25H,3,8-10H2,1-2H3,(H3-,24,26,27,31,33,34);2*(H,6,7)/b28-14-;;/t15-,20-;;/m1../s1. The number of thioether (sulfide) groups is 1. The van der Waals surface area contributed by atoms with Crippen molar-refractivity contribution in [1.29, 1.82) is 0 Å². The van der Waals surface area contributed by atoms with Gasteiger partial charge < -0.3 is 41.3 Å². The van der Waals surface area contributed by atoms with Gasteiger partial charge in [-0.1, -0.05) is 35.0 Å². The van der Waals surface area contributed by atoms with Crippen LogP contribution >= 0.6 is 34.7 Å². The molecule has 16 nitrogen and oxygen atoms in total. The molecule has 25 heteroatoms. The summed E-state index contributed by atoms with van der Waals surface area (Å²) in [7, 11) is 1.25. The highest BCUT2D eigenvalue weighted by molar-refractivity contribution is 8.00. The number of carbonyl (C=O) groups is 5. The summed E-state index contributed by atoms with van der Waals surface area (Å²) < 4.78 is 65.3. The number of hydrogen-bond donors (Lipinski definition) is 5. The summed E-state index contributed by atoms with van der Waals surface area (Å²) in [5, 5.41) is 35.0. The van der Waals surface area contributed by atoms with Gasteiger partial charge in [-0.25, -0.2) is 19.1 Å². The number of nitrogens with zero attached hydrogens (tertiary/aromatic N) is 4. The Labute approximate surface area is 295 Å². The lowest BCUT2D eigenvalue weighted by molar-refractivity contribution is -0.689. The number of carboxylic acid groups (broad SMARTS) is 3. The van der Waals surface area contributed by atoms with Crippen LogP contribution in [-0.2, 0) is 41.9 Å². The number of fused-ring (bicyclic) bond motifs is 1. The van der Waals surface area contributed by atoms with Gasteiger partial charge in [0.05, 0.1) is 0 Å². The van der Waals surface area contributed by atoms with E-state index >= 15 is 0 Å². The number of nitrogens with two attached hydrogens (primary N) is 1. The molecule has 0 saturated carbocycles. The van der Waals surface area contributed by atoms with E-state index in [2.05, 4.69) is 20.8 Å². The van der Waals surface area contributed by atoms with E-state index in [1.165, 1.54) is 23.8 Å². The van der Waals surface area contributed by atoms with Crippen LogP contribution in [0.5, 0.6) is 0 Å². The maximum atomic E-state index is 13.0. The molecule has 2 amide bonds. The smallest absolute Gasteiger partial charge is 0.490 e. The minimum absolute atomic E-state index is 0.0327. The summed E-state index contributed by atoms with van der Waals surface area (Å²) in [6.45, 7) is 3.95. The number of nitrogens with one attached hydrogen (secondary N) is 2. The molecule has 0 bridgehead atoms. The second kappa shape index (κ2) is 18.0. The first-order chi connectivity index (χ1) is 23.6. The van der Waals surface area contributed by atoms with Crippen molar-refractivity contribution >= 4 is 75.3 Å². The Morgan fingerprint density at radius 2 is 1.75 bits per heavy atom. The van der Waals surface area contributed by atoms with E-state index in [0.717, 1.165) is 30.0 Å². The molecule has 2 aliphatic rings. The maximum absolute atomic E-state index is 13.0. The van der Waals surface area contributed by atoms with Crippen LogP contribution in [-0.4, -0.2) is 98.7 Å². The van der Waals surface area contributed by atoms with Gasteiger partial charge in [-0.2, -0.15) is 26.3 Å². The second-order valence-corrected chi connectivity index (χ2v) is 12.4. The number of amides is 2. The molecular formula is C26H26ClF6N7O9S2. The molecule has 0 unspecified atom stereocenters. The summed E-state index contributed by atoms with van der Waals surface area (Å²) in [5.41, 5.74) is 7.10. The summed E-state index contributed by atoms with van der Waals surface area (Å²) in [4.78, 5) is 65.8. The minimum atomic E-state index is -5.19. The number of carboxylic acids is 3. The number of oxime groups is 1. The molecule has 2 aromatic rings. The van der Waals surface area contributed by atoms with E-state index < -0.39 is 53.5 Å². The SMILES string of the molecule is CCNCc1cc[n+](CC2=C(C(=O)O)N3C(=O)[C@@H](NC(=O)/C(=N\OC)c4nc(N)sc4Cl)[C@H]3SC2)cc1.O=C(O)C(F)(F)F.O=C([O-])C(F)(F)F. The van der Waals surface area contributed by atoms with Crippen molar-refractivity contribution in [2.24, 2.45) is 5.16 Å². The minimum Gasteiger partial charge on any atom is -0.542 e. The van der Waals surface area contributed by atoms with Crippen LogP contribution in [0, 0.1) is 0 Å². The van der Waals surface area contributed by atoms with Crippen LogP contribution in [0.1, 0.15) is 18.2 Å². The highest BCUT2D eigenvalue weighted by atomic mass is 35.5. The molecule has 0 aromatic carbocycles. The summed E-state index contributed by atoms with van der Waals surface area (Å²) in [5.74, 6) is -7.86. The Morgan fingerprint density at radius 1 is 1.18 bits per heavy atom. The summed E-state index contributed by atoms with van der Waals surface area (Å²) in [6, 6.07) is 2.97. The van der Waals surface area contributed by atoms with Crippen molar-refractivity contribution in [2.45, 2.75) is 43.8 Å². The van der Waals surface area contributed by atoms with E-state index in [4.69, 9.17) is 42.0 Å². The van der Waals surface area contributed by atoms with E-state index in [1.807, 2.05) is 36.0 Å². The number of aliphatic carboxylic acids is 3. The Kier molecular flexibility index (Phi) is 15.0. The number of carbonyl (C=O) groups excluding carboxylic acids is 3. The lowest BCUT2D eigenvalue weighted by Gasteiger charge is -2.49. The molecule has 1 saturated heterocycles. The average molecular weight is 794 g/mol. The van der Waals surface area contributed by atoms with E-state index in [1.54, 1.807) is 0 Å². The van der Waals surface area contributed by atoms with Gasteiger partial charge in [0.1, 0.15) is 40.2 Å². The Bertz CT molecular complexity index is 1660. The number of pyridine rings is 1. The molecule has 0 radical (unpaired) electrons. The summed E-state index contributed by atoms with van der Waals surface area (Å²) >= 11 is 8.45. The highest BCUT2D eigenvalue weighted by Crippen LogP contribution is 2.40. The molecule has 0 aliphatic carbocycles. The van der Waals surface area contributed by atoms with Crippen LogP contribution in [0.4, 0.5) is 31.5 Å². The van der Waals surface area contributed by atoms with Gasteiger partial charge in [0.25, 0.3) is 11.8 Å². The van der Waals surface area contributed by atoms with Gasteiger partial charge in [0.15, 0.2) is 29.8 Å². The predicted octanol–water partition coefficient (Wildman–Crippen LogP) is 0.497. The summed E-state index contributed by atoms with van der Waals surface area (Å²) in [6.07, 6.45) is -6.52. The number of rotatable bonds is 10. The Hall–Kier alpha value is -4.68. The van der Waals surface area contributed by atoms with Crippen molar-refractivity contribution in [3.8, 4) is 0 Å². The third kappa shape index (κ3) is 11.7. The molecule has 2 aromatic heterocycles. The third-order valence-corrected chi connectivity index (χ3v) is 8.57. The zero-order chi connectivity index (χ0) is 38.8. The number of aromatic nitrogens is 2. The van der Waals surface area contributed by atoms with Crippen molar-refractivity contribution in [3.63, 3.8) is 0 Å². The van der Waals surface area contributed by atoms with E-state index in [9.17, 15) is 45.8 Å². The van der Waals surface area contributed by atoms with Crippen LogP contribution in [0.3, 0.4) is 0 Å². The molecule has 280 valence electrons.